The highest BCUT2D eigenvalue weighted by Gasteiger charge is 2.13. The van der Waals surface area contributed by atoms with Crippen LogP contribution in [-0.2, 0) is 20.7 Å². The number of phenolic OH excluding ortho intramolecular Hbond substituents is 1. The molecule has 0 fully saturated rings. The number of ether oxygens (including phenoxy) is 1. The second kappa shape index (κ2) is 4.41. The molecule has 0 radical (unpaired) electrons. The first-order valence-corrected chi connectivity index (χ1v) is 4.02. The fourth-order valence-corrected chi connectivity index (χ4v) is 0.985. The zero-order valence-electron chi connectivity index (χ0n) is 7.69. The predicted molar refractivity (Wildman–Crippen MR) is 48.8 cm³/mol. The van der Waals surface area contributed by atoms with Crippen molar-refractivity contribution in [2.45, 2.75) is 6.42 Å². The Morgan fingerprint density at radius 2 is 1.86 bits per heavy atom. The van der Waals surface area contributed by atoms with E-state index in [4.69, 9.17) is 5.11 Å². The summed E-state index contributed by atoms with van der Waals surface area (Å²) in [7, 11) is 1.16. The van der Waals surface area contributed by atoms with Gasteiger partial charge in [-0.2, -0.15) is 0 Å². The van der Waals surface area contributed by atoms with Gasteiger partial charge in [0.15, 0.2) is 0 Å². The minimum Gasteiger partial charge on any atom is -0.508 e. The summed E-state index contributed by atoms with van der Waals surface area (Å²) in [5, 5.41) is 8.97. The van der Waals surface area contributed by atoms with Crippen LogP contribution in [0.3, 0.4) is 0 Å². The van der Waals surface area contributed by atoms with Crippen LogP contribution in [-0.4, -0.2) is 24.0 Å². The Kier molecular flexibility index (Phi) is 3.23. The average Bonchev–Trinajstić information content (AvgIpc) is 2.20. The highest BCUT2D eigenvalue weighted by molar-refractivity contribution is 6.34. The van der Waals surface area contributed by atoms with Gasteiger partial charge in [-0.25, -0.2) is 4.79 Å². The van der Waals surface area contributed by atoms with E-state index < -0.39 is 11.8 Å². The Morgan fingerprint density at radius 3 is 2.36 bits per heavy atom. The van der Waals surface area contributed by atoms with Crippen LogP contribution in [0, 0.1) is 0 Å². The number of aromatic hydroxyl groups is 1. The highest BCUT2D eigenvalue weighted by Crippen LogP contribution is 2.10. The maximum absolute atomic E-state index is 11.1. The second-order valence-electron chi connectivity index (χ2n) is 2.76. The number of hydrogen-bond acceptors (Lipinski definition) is 4. The van der Waals surface area contributed by atoms with Crippen LogP contribution < -0.4 is 0 Å². The summed E-state index contributed by atoms with van der Waals surface area (Å²) in [6.07, 6.45) is -0.00699. The lowest BCUT2D eigenvalue weighted by atomic mass is 10.1. The fourth-order valence-electron chi connectivity index (χ4n) is 0.985. The lowest BCUT2D eigenvalue weighted by Crippen LogP contribution is -2.17. The van der Waals surface area contributed by atoms with E-state index in [0.29, 0.717) is 5.56 Å². The number of benzene rings is 1. The monoisotopic (exact) mass is 194 g/mol. The van der Waals surface area contributed by atoms with Gasteiger partial charge < -0.3 is 9.84 Å². The van der Waals surface area contributed by atoms with Crippen LogP contribution in [0.4, 0.5) is 0 Å². The molecule has 74 valence electrons. The summed E-state index contributed by atoms with van der Waals surface area (Å²) in [6, 6.07) is 6.08. The number of hydrogen-bond donors (Lipinski definition) is 1. The summed E-state index contributed by atoms with van der Waals surface area (Å²) in [5.74, 6) is -1.32. The molecule has 0 unspecified atom stereocenters. The van der Waals surface area contributed by atoms with Gasteiger partial charge >= 0.3 is 5.97 Å². The maximum atomic E-state index is 11.1. The smallest absolute Gasteiger partial charge is 0.374 e. The molecule has 0 saturated carbocycles. The SMILES string of the molecule is COC(=O)C(=O)Cc1ccc(O)cc1. The van der Waals surface area contributed by atoms with Crippen LogP contribution in [0.25, 0.3) is 0 Å². The lowest BCUT2D eigenvalue weighted by molar-refractivity contribution is -0.151. The zero-order valence-corrected chi connectivity index (χ0v) is 7.69. The molecule has 14 heavy (non-hydrogen) atoms. The number of carbonyl (C=O) groups excluding carboxylic acids is 2. The van der Waals surface area contributed by atoms with Gasteiger partial charge in [0.1, 0.15) is 5.75 Å². The van der Waals surface area contributed by atoms with Crippen molar-refractivity contribution in [3.05, 3.63) is 29.8 Å². The number of methoxy groups -OCH3 is 1. The highest BCUT2D eigenvalue weighted by atomic mass is 16.5. The maximum Gasteiger partial charge on any atom is 0.374 e. The first-order valence-electron chi connectivity index (χ1n) is 4.02. The molecule has 0 bridgehead atoms. The summed E-state index contributed by atoms with van der Waals surface area (Å²) in [6.45, 7) is 0. The Morgan fingerprint density at radius 1 is 1.29 bits per heavy atom. The largest absolute Gasteiger partial charge is 0.508 e. The van der Waals surface area contributed by atoms with Crippen LogP contribution in [0.1, 0.15) is 5.56 Å². The molecule has 0 aliphatic carbocycles. The van der Waals surface area contributed by atoms with E-state index in [-0.39, 0.29) is 12.2 Å². The third-order valence-corrected chi connectivity index (χ3v) is 1.71. The molecule has 0 saturated heterocycles. The van der Waals surface area contributed by atoms with E-state index in [2.05, 4.69) is 4.74 Å². The van der Waals surface area contributed by atoms with Gasteiger partial charge in [0, 0.05) is 6.42 Å². The van der Waals surface area contributed by atoms with Gasteiger partial charge in [0.2, 0.25) is 5.78 Å². The number of esters is 1. The molecule has 0 aliphatic heterocycles. The molecule has 1 aromatic rings. The summed E-state index contributed by atoms with van der Waals surface area (Å²) in [4.78, 5) is 21.9. The molecule has 0 aromatic heterocycles. The second-order valence-corrected chi connectivity index (χ2v) is 2.76. The lowest BCUT2D eigenvalue weighted by Gasteiger charge is -1.99. The summed E-state index contributed by atoms with van der Waals surface area (Å²) >= 11 is 0. The minimum atomic E-state index is -0.849. The van der Waals surface area contributed by atoms with E-state index in [0.717, 1.165) is 7.11 Å². The van der Waals surface area contributed by atoms with Crippen molar-refractivity contribution in [2.24, 2.45) is 0 Å². The summed E-state index contributed by atoms with van der Waals surface area (Å²) < 4.78 is 4.27. The minimum absolute atomic E-state index is 0.00699. The molecule has 1 aromatic carbocycles. The van der Waals surface area contributed by atoms with Crippen molar-refractivity contribution in [2.75, 3.05) is 7.11 Å². The molecule has 0 heterocycles. The normalized spacial score (nSPS) is 9.50. The molecule has 0 aliphatic rings. The van der Waals surface area contributed by atoms with Crippen molar-refractivity contribution in [1.29, 1.82) is 0 Å². The molecule has 0 spiro atoms. The van der Waals surface area contributed by atoms with E-state index >= 15 is 0 Å². The van der Waals surface area contributed by atoms with Crippen LogP contribution in [0.2, 0.25) is 0 Å². The molecule has 0 amide bonds. The van der Waals surface area contributed by atoms with Crippen LogP contribution >= 0.6 is 0 Å². The van der Waals surface area contributed by atoms with Crippen molar-refractivity contribution >= 4 is 11.8 Å². The molecular formula is C10H10O4. The van der Waals surface area contributed by atoms with Crippen molar-refractivity contribution < 1.29 is 19.4 Å². The van der Waals surface area contributed by atoms with Gasteiger partial charge in [0.25, 0.3) is 0 Å². The molecule has 1 N–H and O–H groups in total. The number of ketones is 1. The third-order valence-electron chi connectivity index (χ3n) is 1.71. The van der Waals surface area contributed by atoms with Gasteiger partial charge in [-0.15, -0.1) is 0 Å². The van der Waals surface area contributed by atoms with Crippen molar-refractivity contribution in [3.63, 3.8) is 0 Å². The van der Waals surface area contributed by atoms with Gasteiger partial charge in [-0.05, 0) is 17.7 Å². The Bertz CT molecular complexity index is 340. The van der Waals surface area contributed by atoms with Crippen molar-refractivity contribution in [1.82, 2.24) is 0 Å². The average molecular weight is 194 g/mol. The first kappa shape index (κ1) is 10.2. The molecule has 4 nitrogen and oxygen atoms in total. The van der Waals surface area contributed by atoms with Crippen molar-refractivity contribution in [3.8, 4) is 5.75 Å². The number of Topliss-reactive ketones (excluding diaryl/α,β-unsaturated/α-hetero) is 1. The molecule has 1 rings (SSSR count). The topological polar surface area (TPSA) is 63.6 Å². The molecule has 4 heteroatoms. The quantitative estimate of drug-likeness (QED) is 0.567. The number of rotatable bonds is 3. The van der Waals surface area contributed by atoms with Crippen LogP contribution in [0.15, 0.2) is 24.3 Å². The fraction of sp³-hybridized carbons (Fsp3) is 0.200. The first-order chi connectivity index (χ1) is 6.63. The van der Waals surface area contributed by atoms with Gasteiger partial charge in [0.05, 0.1) is 7.11 Å². The number of carbonyl (C=O) groups is 2. The zero-order chi connectivity index (χ0) is 10.6. The van der Waals surface area contributed by atoms with E-state index in [1.165, 1.54) is 12.1 Å². The van der Waals surface area contributed by atoms with E-state index in [9.17, 15) is 9.59 Å². The molecule has 0 atom stereocenters. The Balaban J connectivity index is 2.65. The third kappa shape index (κ3) is 2.58. The van der Waals surface area contributed by atoms with Gasteiger partial charge in [-0.1, -0.05) is 12.1 Å². The molecular weight excluding hydrogens is 184 g/mol. The van der Waals surface area contributed by atoms with Gasteiger partial charge in [-0.3, -0.25) is 4.79 Å². The van der Waals surface area contributed by atoms with E-state index in [1.54, 1.807) is 12.1 Å². The predicted octanol–water partition coefficient (Wildman–Crippen LogP) is 0.677. The Hall–Kier alpha value is -1.84. The standard InChI is InChI=1S/C10H10O4/c1-14-10(13)9(12)6-7-2-4-8(11)5-3-7/h2-5,11H,6H2,1H3. The Labute approximate surface area is 81.1 Å². The summed E-state index contributed by atoms with van der Waals surface area (Å²) in [5.41, 5.74) is 0.665. The van der Waals surface area contributed by atoms with Crippen LogP contribution in [0.5, 0.6) is 5.75 Å². The van der Waals surface area contributed by atoms with E-state index in [1.807, 2.05) is 0 Å². The number of phenols is 1.